The van der Waals surface area contributed by atoms with E-state index in [0.29, 0.717) is 6.04 Å². The Kier molecular flexibility index (Phi) is 5.62. The summed E-state index contributed by atoms with van der Waals surface area (Å²) in [6.07, 6.45) is 6.84. The molecule has 0 aromatic rings. The van der Waals surface area contributed by atoms with Crippen molar-refractivity contribution >= 4 is 17.7 Å². The van der Waals surface area contributed by atoms with Gasteiger partial charge < -0.3 is 11.1 Å². The molecule has 0 spiro atoms. The van der Waals surface area contributed by atoms with Crippen LogP contribution in [-0.4, -0.2) is 29.5 Å². The van der Waals surface area contributed by atoms with Crippen LogP contribution < -0.4 is 11.1 Å². The summed E-state index contributed by atoms with van der Waals surface area (Å²) < 4.78 is 0. The molecule has 1 aliphatic carbocycles. The van der Waals surface area contributed by atoms with Gasteiger partial charge in [-0.05, 0) is 38.9 Å². The Morgan fingerprint density at radius 2 is 1.88 bits per heavy atom. The second-order valence-electron chi connectivity index (χ2n) is 4.87. The van der Waals surface area contributed by atoms with E-state index >= 15 is 0 Å². The Hall–Kier alpha value is -0.220. The molecule has 1 rings (SSSR count). The van der Waals surface area contributed by atoms with Gasteiger partial charge in [-0.15, -0.1) is 0 Å². The van der Waals surface area contributed by atoms with Gasteiger partial charge in [0.1, 0.15) is 0 Å². The minimum absolute atomic E-state index is 0.0671. The van der Waals surface area contributed by atoms with Crippen LogP contribution in [0.1, 0.15) is 39.5 Å². The van der Waals surface area contributed by atoms with Gasteiger partial charge in [-0.1, -0.05) is 6.92 Å². The first kappa shape index (κ1) is 13.8. The number of nitrogens with one attached hydrogen (secondary N) is 1. The van der Waals surface area contributed by atoms with Gasteiger partial charge in [-0.2, -0.15) is 11.8 Å². The van der Waals surface area contributed by atoms with Crippen molar-refractivity contribution in [3.63, 3.8) is 0 Å². The second kappa shape index (κ2) is 6.50. The first-order chi connectivity index (χ1) is 7.54. The van der Waals surface area contributed by atoms with Crippen LogP contribution in [0.5, 0.6) is 0 Å². The van der Waals surface area contributed by atoms with Crippen molar-refractivity contribution in [2.75, 3.05) is 6.26 Å². The molecule has 3 N–H and O–H groups in total. The molecule has 0 saturated heterocycles. The minimum atomic E-state index is -0.0849. The Balaban J connectivity index is 2.31. The molecule has 1 saturated carbocycles. The van der Waals surface area contributed by atoms with E-state index in [2.05, 4.69) is 11.6 Å². The predicted octanol–water partition coefficient (Wildman–Crippen LogP) is 1.76. The maximum absolute atomic E-state index is 11.8. The lowest BCUT2D eigenvalue weighted by Gasteiger charge is -2.29. The number of thioether (sulfide) groups is 1. The Morgan fingerprint density at radius 3 is 2.31 bits per heavy atom. The Labute approximate surface area is 103 Å². The molecule has 0 aliphatic heterocycles. The smallest absolute Gasteiger partial charge is 0.224 e. The lowest BCUT2D eigenvalue weighted by molar-refractivity contribution is -0.125. The van der Waals surface area contributed by atoms with E-state index in [-0.39, 0.29) is 17.9 Å². The fourth-order valence-electron chi connectivity index (χ4n) is 2.01. The quantitative estimate of drug-likeness (QED) is 0.792. The highest BCUT2D eigenvalue weighted by Gasteiger charge is 2.24. The van der Waals surface area contributed by atoms with E-state index in [1.54, 1.807) is 0 Å². The van der Waals surface area contributed by atoms with Crippen LogP contribution in [0.4, 0.5) is 0 Å². The standard InChI is InChI=1S/C12H24N2OS/c1-8(9(2)13)12(15)14-10-4-6-11(16-3)7-5-10/h8-11H,4-7,13H2,1-3H3,(H,14,15). The van der Waals surface area contributed by atoms with Crippen LogP contribution >= 0.6 is 11.8 Å². The largest absolute Gasteiger partial charge is 0.353 e. The summed E-state index contributed by atoms with van der Waals surface area (Å²) in [5, 5.41) is 3.91. The zero-order valence-electron chi connectivity index (χ0n) is 10.5. The van der Waals surface area contributed by atoms with E-state index in [1.165, 1.54) is 12.8 Å². The maximum Gasteiger partial charge on any atom is 0.224 e. The van der Waals surface area contributed by atoms with Crippen molar-refractivity contribution in [1.82, 2.24) is 5.32 Å². The number of hydrogen-bond acceptors (Lipinski definition) is 3. The van der Waals surface area contributed by atoms with Crippen LogP contribution in [0.3, 0.4) is 0 Å². The van der Waals surface area contributed by atoms with E-state index in [0.717, 1.165) is 18.1 Å². The summed E-state index contributed by atoms with van der Waals surface area (Å²) in [5.74, 6) is 0.0286. The molecule has 1 fully saturated rings. The molecule has 0 aromatic carbocycles. The van der Waals surface area contributed by atoms with Crippen LogP contribution in [0.25, 0.3) is 0 Å². The molecule has 1 amide bonds. The predicted molar refractivity (Wildman–Crippen MR) is 70.5 cm³/mol. The molecule has 4 heteroatoms. The molecule has 0 aromatic heterocycles. The SMILES string of the molecule is CSC1CCC(NC(=O)C(C)C(C)N)CC1. The minimum Gasteiger partial charge on any atom is -0.353 e. The molecule has 16 heavy (non-hydrogen) atoms. The monoisotopic (exact) mass is 244 g/mol. The average Bonchev–Trinajstić information content (AvgIpc) is 2.28. The third kappa shape index (κ3) is 3.98. The van der Waals surface area contributed by atoms with E-state index in [4.69, 9.17) is 5.73 Å². The van der Waals surface area contributed by atoms with Gasteiger partial charge in [0.25, 0.3) is 0 Å². The average molecular weight is 244 g/mol. The molecule has 3 nitrogen and oxygen atoms in total. The summed E-state index contributed by atoms with van der Waals surface area (Å²) in [6, 6.07) is 0.305. The summed E-state index contributed by atoms with van der Waals surface area (Å²) in [6.45, 7) is 3.78. The van der Waals surface area contributed by atoms with Gasteiger partial charge in [0.15, 0.2) is 0 Å². The molecule has 0 bridgehead atoms. The van der Waals surface area contributed by atoms with Gasteiger partial charge >= 0.3 is 0 Å². The zero-order chi connectivity index (χ0) is 12.1. The van der Waals surface area contributed by atoms with Gasteiger partial charge in [0.2, 0.25) is 5.91 Å². The normalized spacial score (nSPS) is 29.5. The molecular formula is C12H24N2OS. The first-order valence-electron chi connectivity index (χ1n) is 6.13. The molecule has 1 aliphatic rings. The van der Waals surface area contributed by atoms with E-state index in [9.17, 15) is 4.79 Å². The van der Waals surface area contributed by atoms with Gasteiger partial charge in [0.05, 0.1) is 0 Å². The van der Waals surface area contributed by atoms with Crippen molar-refractivity contribution in [2.45, 2.75) is 56.9 Å². The fraction of sp³-hybridized carbons (Fsp3) is 0.917. The van der Waals surface area contributed by atoms with Crippen LogP contribution in [-0.2, 0) is 4.79 Å². The number of nitrogens with two attached hydrogens (primary N) is 1. The molecule has 2 unspecified atom stereocenters. The van der Waals surface area contributed by atoms with Crippen LogP contribution in [0.15, 0.2) is 0 Å². The number of carbonyl (C=O) groups excluding carboxylic acids is 1. The van der Waals surface area contributed by atoms with Crippen molar-refractivity contribution in [2.24, 2.45) is 11.7 Å². The lowest BCUT2D eigenvalue weighted by Crippen LogP contribution is -2.44. The number of carbonyl (C=O) groups is 1. The highest BCUT2D eigenvalue weighted by Crippen LogP contribution is 2.26. The van der Waals surface area contributed by atoms with Gasteiger partial charge in [0, 0.05) is 23.3 Å². The van der Waals surface area contributed by atoms with Crippen LogP contribution in [0, 0.1) is 5.92 Å². The van der Waals surface area contributed by atoms with Crippen molar-refractivity contribution in [3.05, 3.63) is 0 Å². The Bertz CT molecular complexity index is 225. The molecule has 2 atom stereocenters. The highest BCUT2D eigenvalue weighted by molar-refractivity contribution is 7.99. The van der Waals surface area contributed by atoms with Gasteiger partial charge in [-0.3, -0.25) is 4.79 Å². The number of hydrogen-bond donors (Lipinski definition) is 2. The van der Waals surface area contributed by atoms with E-state index in [1.807, 2.05) is 25.6 Å². The van der Waals surface area contributed by atoms with Crippen molar-refractivity contribution in [1.29, 1.82) is 0 Å². The second-order valence-corrected chi connectivity index (χ2v) is 6.00. The molecule has 0 radical (unpaired) electrons. The van der Waals surface area contributed by atoms with Crippen LogP contribution in [0.2, 0.25) is 0 Å². The van der Waals surface area contributed by atoms with Crippen molar-refractivity contribution in [3.8, 4) is 0 Å². The summed E-state index contributed by atoms with van der Waals surface area (Å²) in [5.41, 5.74) is 5.72. The third-order valence-corrected chi connectivity index (χ3v) is 4.69. The summed E-state index contributed by atoms with van der Waals surface area (Å²) >= 11 is 1.95. The lowest BCUT2D eigenvalue weighted by atomic mass is 9.94. The highest BCUT2D eigenvalue weighted by atomic mass is 32.2. The molecule has 94 valence electrons. The first-order valence-corrected chi connectivity index (χ1v) is 7.42. The summed E-state index contributed by atoms with van der Waals surface area (Å²) in [7, 11) is 0. The Morgan fingerprint density at radius 1 is 1.31 bits per heavy atom. The zero-order valence-corrected chi connectivity index (χ0v) is 11.3. The molecular weight excluding hydrogens is 220 g/mol. The number of amides is 1. The number of rotatable bonds is 4. The third-order valence-electron chi connectivity index (χ3n) is 3.56. The fourth-order valence-corrected chi connectivity index (χ4v) is 2.76. The topological polar surface area (TPSA) is 55.1 Å². The van der Waals surface area contributed by atoms with E-state index < -0.39 is 0 Å². The van der Waals surface area contributed by atoms with Crippen molar-refractivity contribution < 1.29 is 4.79 Å². The maximum atomic E-state index is 11.8. The summed E-state index contributed by atoms with van der Waals surface area (Å²) in [4.78, 5) is 11.8. The molecule has 0 heterocycles. The van der Waals surface area contributed by atoms with Gasteiger partial charge in [-0.25, -0.2) is 0 Å².